The number of carbonyl (C=O) groups excluding carboxylic acids is 1. The number of nitrogens with one attached hydrogen (secondary N) is 1. The van der Waals surface area contributed by atoms with E-state index in [1.807, 2.05) is 25.1 Å². The van der Waals surface area contributed by atoms with E-state index in [1.165, 1.54) is 6.07 Å². The Kier molecular flexibility index (Phi) is 6.34. The Hall–Kier alpha value is -1.46. The smallest absolute Gasteiger partial charge is 0.226 e. The Morgan fingerprint density at radius 3 is 3.05 bits per heavy atom. The van der Waals surface area contributed by atoms with E-state index in [0.717, 1.165) is 44.6 Å². The van der Waals surface area contributed by atoms with Gasteiger partial charge in [-0.1, -0.05) is 12.1 Å². The summed E-state index contributed by atoms with van der Waals surface area (Å²) < 4.78 is 13.3. The van der Waals surface area contributed by atoms with Crippen molar-refractivity contribution < 1.29 is 9.18 Å². The monoisotopic (exact) mass is 307 g/mol. The number of likely N-dealkylation sites (tertiary alicyclic amines) is 1. The van der Waals surface area contributed by atoms with Gasteiger partial charge in [0.05, 0.1) is 5.92 Å². The van der Waals surface area contributed by atoms with Gasteiger partial charge in [0.15, 0.2) is 0 Å². The van der Waals surface area contributed by atoms with E-state index in [0.29, 0.717) is 6.54 Å². The van der Waals surface area contributed by atoms with Gasteiger partial charge in [-0.15, -0.1) is 0 Å². The number of hydrogen-bond acceptors (Lipinski definition) is 3. The molecule has 0 saturated carbocycles. The molecule has 0 aliphatic carbocycles. The molecule has 1 heterocycles. The molecule has 1 aromatic carbocycles. The lowest BCUT2D eigenvalue weighted by atomic mass is 9.96. The van der Waals surface area contributed by atoms with Crippen LogP contribution in [0.25, 0.3) is 0 Å². The normalized spacial score (nSPS) is 19.1. The maximum Gasteiger partial charge on any atom is 0.226 e. The summed E-state index contributed by atoms with van der Waals surface area (Å²) in [6, 6.07) is 6.71. The first-order valence-corrected chi connectivity index (χ1v) is 7.96. The van der Waals surface area contributed by atoms with Gasteiger partial charge in [0, 0.05) is 33.2 Å². The van der Waals surface area contributed by atoms with Gasteiger partial charge in [-0.3, -0.25) is 9.69 Å². The summed E-state index contributed by atoms with van der Waals surface area (Å²) in [7, 11) is 3.75. The van der Waals surface area contributed by atoms with Crippen LogP contribution in [0.2, 0.25) is 0 Å². The number of amides is 1. The summed E-state index contributed by atoms with van der Waals surface area (Å²) in [5, 5.41) is 3.06. The third-order valence-electron chi connectivity index (χ3n) is 4.22. The van der Waals surface area contributed by atoms with Crippen molar-refractivity contribution in [3.05, 3.63) is 35.6 Å². The second-order valence-corrected chi connectivity index (χ2v) is 6.07. The van der Waals surface area contributed by atoms with Crippen LogP contribution in [0.3, 0.4) is 0 Å². The number of likely N-dealkylation sites (N-methyl/N-ethyl adjacent to an activating group) is 2. The number of benzene rings is 1. The molecule has 122 valence electrons. The number of hydrogen-bond donors (Lipinski definition) is 1. The molecule has 1 aliphatic rings. The Morgan fingerprint density at radius 2 is 2.32 bits per heavy atom. The molecule has 4 nitrogen and oxygen atoms in total. The third-order valence-corrected chi connectivity index (χ3v) is 4.22. The average Bonchev–Trinajstić information content (AvgIpc) is 2.52. The molecule has 1 aliphatic heterocycles. The molecular formula is C17H26FN3O. The minimum atomic E-state index is -0.200. The van der Waals surface area contributed by atoms with Crippen molar-refractivity contribution in [2.75, 3.05) is 40.3 Å². The van der Waals surface area contributed by atoms with Crippen LogP contribution in [0.1, 0.15) is 18.4 Å². The van der Waals surface area contributed by atoms with Crippen LogP contribution in [0.15, 0.2) is 24.3 Å². The van der Waals surface area contributed by atoms with Crippen LogP contribution in [-0.2, 0) is 11.3 Å². The van der Waals surface area contributed by atoms with Crippen molar-refractivity contribution in [2.45, 2.75) is 19.4 Å². The standard InChI is InChI=1S/C17H26FN3O/c1-19-8-10-20(2)17(22)15-6-4-9-21(13-15)12-14-5-3-7-16(18)11-14/h3,5,7,11,15,19H,4,6,8-10,12-13H2,1-2H3. The van der Waals surface area contributed by atoms with Gasteiger partial charge in [0.2, 0.25) is 5.91 Å². The largest absolute Gasteiger partial charge is 0.344 e. The number of nitrogens with zero attached hydrogens (tertiary/aromatic N) is 2. The van der Waals surface area contributed by atoms with Crippen LogP contribution >= 0.6 is 0 Å². The van der Waals surface area contributed by atoms with E-state index in [1.54, 1.807) is 12.1 Å². The molecule has 0 radical (unpaired) electrons. The highest BCUT2D eigenvalue weighted by Gasteiger charge is 2.27. The molecule has 22 heavy (non-hydrogen) atoms. The molecule has 1 N–H and O–H groups in total. The predicted octanol–water partition coefficient (Wildman–Crippen LogP) is 1.72. The van der Waals surface area contributed by atoms with Gasteiger partial charge in [-0.2, -0.15) is 0 Å². The Bertz CT molecular complexity index is 495. The zero-order valence-corrected chi connectivity index (χ0v) is 13.5. The van der Waals surface area contributed by atoms with Crippen molar-refractivity contribution in [3.63, 3.8) is 0 Å². The van der Waals surface area contributed by atoms with E-state index >= 15 is 0 Å². The second kappa shape index (κ2) is 8.25. The van der Waals surface area contributed by atoms with Crippen LogP contribution in [-0.4, -0.2) is 56.0 Å². The number of rotatable bonds is 6. The molecule has 5 heteroatoms. The van der Waals surface area contributed by atoms with Gasteiger partial charge in [0.25, 0.3) is 0 Å². The summed E-state index contributed by atoms with van der Waals surface area (Å²) in [6.45, 7) is 3.99. The quantitative estimate of drug-likeness (QED) is 0.869. The first-order valence-electron chi connectivity index (χ1n) is 7.96. The van der Waals surface area contributed by atoms with E-state index < -0.39 is 0 Å². The van der Waals surface area contributed by atoms with Crippen molar-refractivity contribution in [1.82, 2.24) is 15.1 Å². The lowest BCUT2D eigenvalue weighted by molar-refractivity contribution is -0.136. The molecule has 0 spiro atoms. The highest BCUT2D eigenvalue weighted by atomic mass is 19.1. The van der Waals surface area contributed by atoms with Crippen molar-refractivity contribution in [3.8, 4) is 0 Å². The lowest BCUT2D eigenvalue weighted by Gasteiger charge is -2.34. The summed E-state index contributed by atoms with van der Waals surface area (Å²) >= 11 is 0. The minimum Gasteiger partial charge on any atom is -0.344 e. The SMILES string of the molecule is CNCCN(C)C(=O)C1CCCN(Cc2cccc(F)c2)C1. The molecule has 0 aromatic heterocycles. The zero-order valence-electron chi connectivity index (χ0n) is 13.5. The fourth-order valence-electron chi connectivity index (χ4n) is 3.00. The molecule has 1 fully saturated rings. The van der Waals surface area contributed by atoms with E-state index in [9.17, 15) is 9.18 Å². The van der Waals surface area contributed by atoms with E-state index in [4.69, 9.17) is 0 Å². The number of halogens is 1. The highest BCUT2D eigenvalue weighted by Crippen LogP contribution is 2.20. The van der Waals surface area contributed by atoms with E-state index in [-0.39, 0.29) is 17.6 Å². The maximum absolute atomic E-state index is 13.3. The summed E-state index contributed by atoms with van der Waals surface area (Å²) in [5.41, 5.74) is 0.969. The summed E-state index contributed by atoms with van der Waals surface area (Å²) in [5.74, 6) is 0.0808. The highest BCUT2D eigenvalue weighted by molar-refractivity contribution is 5.78. The molecule has 1 saturated heterocycles. The fourth-order valence-corrected chi connectivity index (χ4v) is 3.00. The predicted molar refractivity (Wildman–Crippen MR) is 86.0 cm³/mol. The molecule has 1 aromatic rings. The van der Waals surface area contributed by atoms with Gasteiger partial charge in [-0.05, 0) is 44.1 Å². The van der Waals surface area contributed by atoms with E-state index in [2.05, 4.69) is 10.2 Å². The van der Waals surface area contributed by atoms with Crippen LogP contribution in [0.5, 0.6) is 0 Å². The molecular weight excluding hydrogens is 281 g/mol. The Labute approximate surface area is 132 Å². The number of piperidine rings is 1. The van der Waals surface area contributed by atoms with Gasteiger partial charge >= 0.3 is 0 Å². The summed E-state index contributed by atoms with van der Waals surface area (Å²) in [4.78, 5) is 16.5. The van der Waals surface area contributed by atoms with Gasteiger partial charge in [0.1, 0.15) is 5.82 Å². The maximum atomic E-state index is 13.3. The van der Waals surface area contributed by atoms with Crippen molar-refractivity contribution in [1.29, 1.82) is 0 Å². The summed E-state index contributed by atoms with van der Waals surface area (Å²) in [6.07, 6.45) is 1.97. The zero-order chi connectivity index (χ0) is 15.9. The Balaban J connectivity index is 1.89. The fraction of sp³-hybridized carbons (Fsp3) is 0.588. The first kappa shape index (κ1) is 16.9. The number of carbonyl (C=O) groups is 1. The van der Waals surface area contributed by atoms with Crippen molar-refractivity contribution in [2.24, 2.45) is 5.92 Å². The molecule has 1 unspecified atom stereocenters. The Morgan fingerprint density at radius 1 is 1.50 bits per heavy atom. The third kappa shape index (κ3) is 4.78. The molecule has 0 bridgehead atoms. The second-order valence-electron chi connectivity index (χ2n) is 6.07. The first-order chi connectivity index (χ1) is 10.6. The van der Waals surface area contributed by atoms with Gasteiger partial charge in [-0.25, -0.2) is 4.39 Å². The molecule has 2 rings (SSSR count). The average molecular weight is 307 g/mol. The minimum absolute atomic E-state index is 0.0594. The van der Waals surface area contributed by atoms with Crippen LogP contribution in [0.4, 0.5) is 4.39 Å². The van der Waals surface area contributed by atoms with Crippen molar-refractivity contribution >= 4 is 5.91 Å². The molecule has 1 amide bonds. The lowest BCUT2D eigenvalue weighted by Crippen LogP contribution is -2.44. The topological polar surface area (TPSA) is 35.6 Å². The van der Waals surface area contributed by atoms with Gasteiger partial charge < -0.3 is 10.2 Å². The van der Waals surface area contributed by atoms with Crippen LogP contribution < -0.4 is 5.32 Å². The molecule has 1 atom stereocenters. The van der Waals surface area contributed by atoms with Crippen LogP contribution in [0, 0.1) is 11.7 Å².